The van der Waals surface area contributed by atoms with Gasteiger partial charge in [0.15, 0.2) is 6.29 Å². The number of hydrogen-bond donors (Lipinski definition) is 1. The fourth-order valence-electron chi connectivity index (χ4n) is 1.95. The minimum Gasteiger partial charge on any atom is -0.453 e. The van der Waals surface area contributed by atoms with Crippen LogP contribution in [0.15, 0.2) is 12.2 Å². The largest absolute Gasteiger partial charge is 0.453 e. The summed E-state index contributed by atoms with van der Waals surface area (Å²) in [7, 11) is 1.36. The zero-order valence-electron chi connectivity index (χ0n) is 10.1. The lowest BCUT2D eigenvalue weighted by atomic mass is 9.90. The van der Waals surface area contributed by atoms with Gasteiger partial charge in [0.1, 0.15) is 0 Å². The molecule has 0 aromatic heterocycles. The first-order valence-electron chi connectivity index (χ1n) is 6.05. The van der Waals surface area contributed by atoms with Crippen LogP contribution in [-0.4, -0.2) is 38.7 Å². The van der Waals surface area contributed by atoms with Crippen LogP contribution < -0.4 is 5.32 Å². The lowest BCUT2D eigenvalue weighted by molar-refractivity contribution is -0.168. The van der Waals surface area contributed by atoms with Crippen LogP contribution in [0.4, 0.5) is 4.79 Å². The number of carbonyl (C=O) groups is 1. The predicted octanol–water partition coefficient (Wildman–Crippen LogP) is 1.44. The molecule has 1 fully saturated rings. The molecule has 0 radical (unpaired) electrons. The summed E-state index contributed by atoms with van der Waals surface area (Å²) >= 11 is 0. The summed E-state index contributed by atoms with van der Waals surface area (Å²) in [5.41, 5.74) is 0. The van der Waals surface area contributed by atoms with Gasteiger partial charge in [0.25, 0.3) is 0 Å². The molecular weight excluding hydrogens is 222 g/mol. The minimum absolute atomic E-state index is 0.0195. The topological polar surface area (TPSA) is 56.8 Å². The van der Waals surface area contributed by atoms with E-state index in [4.69, 9.17) is 9.47 Å². The molecule has 5 heteroatoms. The highest BCUT2D eigenvalue weighted by Crippen LogP contribution is 2.21. The number of carbonyl (C=O) groups excluding carboxylic acids is 1. The fraction of sp³-hybridized carbons (Fsp3) is 0.750. The molecule has 1 aliphatic carbocycles. The van der Waals surface area contributed by atoms with E-state index in [1.54, 1.807) is 0 Å². The molecule has 0 bridgehead atoms. The Hall–Kier alpha value is -1.07. The highest BCUT2D eigenvalue weighted by molar-refractivity contribution is 5.68. The summed E-state index contributed by atoms with van der Waals surface area (Å²) in [5.74, 6) is 0.222. The summed E-state index contributed by atoms with van der Waals surface area (Å²) in [4.78, 5) is 11.0. The van der Waals surface area contributed by atoms with Gasteiger partial charge in [-0.1, -0.05) is 12.2 Å². The van der Waals surface area contributed by atoms with E-state index in [-0.39, 0.29) is 18.2 Å². The average molecular weight is 241 g/mol. The van der Waals surface area contributed by atoms with Crippen LogP contribution in [0.2, 0.25) is 0 Å². The number of ether oxygens (including phenoxy) is 3. The van der Waals surface area contributed by atoms with E-state index in [0.717, 1.165) is 25.9 Å². The molecule has 1 unspecified atom stereocenters. The molecule has 0 spiro atoms. The van der Waals surface area contributed by atoms with Crippen LogP contribution in [0.5, 0.6) is 0 Å². The Labute approximate surface area is 101 Å². The van der Waals surface area contributed by atoms with Crippen molar-refractivity contribution in [3.8, 4) is 0 Å². The summed E-state index contributed by atoms with van der Waals surface area (Å²) in [6.07, 6.45) is 6.74. The molecular formula is C12H19NO4. The van der Waals surface area contributed by atoms with Crippen LogP contribution in [0.1, 0.15) is 19.3 Å². The van der Waals surface area contributed by atoms with Crippen LogP contribution in [0.3, 0.4) is 0 Å². The van der Waals surface area contributed by atoms with Gasteiger partial charge in [-0.2, -0.15) is 0 Å². The highest BCUT2D eigenvalue weighted by atomic mass is 16.7. The monoisotopic (exact) mass is 241 g/mol. The fourth-order valence-corrected chi connectivity index (χ4v) is 1.95. The molecule has 0 saturated carbocycles. The van der Waals surface area contributed by atoms with Crippen molar-refractivity contribution < 1.29 is 19.0 Å². The lowest BCUT2D eigenvalue weighted by Crippen LogP contribution is -2.45. The van der Waals surface area contributed by atoms with Crippen LogP contribution in [-0.2, 0) is 14.2 Å². The van der Waals surface area contributed by atoms with Crippen LogP contribution in [0.25, 0.3) is 0 Å². The number of methoxy groups -OCH3 is 1. The van der Waals surface area contributed by atoms with Gasteiger partial charge < -0.3 is 19.5 Å². The second kappa shape index (κ2) is 6.02. The van der Waals surface area contributed by atoms with Crippen molar-refractivity contribution in [2.45, 2.75) is 31.6 Å². The van der Waals surface area contributed by atoms with E-state index in [0.29, 0.717) is 6.61 Å². The van der Waals surface area contributed by atoms with Gasteiger partial charge >= 0.3 is 6.09 Å². The zero-order chi connectivity index (χ0) is 12.1. The molecule has 3 atom stereocenters. The van der Waals surface area contributed by atoms with Crippen molar-refractivity contribution in [1.82, 2.24) is 5.32 Å². The van der Waals surface area contributed by atoms with Crippen molar-refractivity contribution in [3.05, 3.63) is 12.2 Å². The Morgan fingerprint density at radius 3 is 2.94 bits per heavy atom. The first-order valence-corrected chi connectivity index (χ1v) is 6.05. The van der Waals surface area contributed by atoms with Gasteiger partial charge in [0.2, 0.25) is 0 Å². The smallest absolute Gasteiger partial charge is 0.407 e. The van der Waals surface area contributed by atoms with Crippen molar-refractivity contribution in [1.29, 1.82) is 0 Å². The predicted molar refractivity (Wildman–Crippen MR) is 61.5 cm³/mol. The molecule has 96 valence electrons. The summed E-state index contributed by atoms with van der Waals surface area (Å²) in [6, 6.07) is 0.0195. The van der Waals surface area contributed by atoms with Crippen molar-refractivity contribution in [3.63, 3.8) is 0 Å². The molecule has 1 saturated heterocycles. The number of alkyl carbamates (subject to hydrolysis) is 1. The van der Waals surface area contributed by atoms with Gasteiger partial charge in [0.05, 0.1) is 19.8 Å². The first-order chi connectivity index (χ1) is 8.29. The Morgan fingerprint density at radius 2 is 2.35 bits per heavy atom. The number of amides is 1. The van der Waals surface area contributed by atoms with E-state index in [9.17, 15) is 4.79 Å². The summed E-state index contributed by atoms with van der Waals surface area (Å²) < 4.78 is 15.7. The highest BCUT2D eigenvalue weighted by Gasteiger charge is 2.27. The van der Waals surface area contributed by atoms with E-state index < -0.39 is 6.09 Å². The minimum atomic E-state index is -0.404. The Bertz CT molecular complexity index is 286. The summed E-state index contributed by atoms with van der Waals surface area (Å²) in [6.45, 7) is 1.37. The molecule has 17 heavy (non-hydrogen) atoms. The van der Waals surface area contributed by atoms with Crippen molar-refractivity contribution in [2.75, 3.05) is 20.3 Å². The Morgan fingerprint density at radius 1 is 1.47 bits per heavy atom. The maximum Gasteiger partial charge on any atom is 0.407 e. The van der Waals surface area contributed by atoms with E-state index in [1.807, 2.05) is 12.2 Å². The lowest BCUT2D eigenvalue weighted by Gasteiger charge is -2.31. The Kier molecular flexibility index (Phi) is 4.39. The maximum absolute atomic E-state index is 11.0. The van der Waals surface area contributed by atoms with E-state index in [2.05, 4.69) is 10.1 Å². The van der Waals surface area contributed by atoms with Crippen LogP contribution in [0, 0.1) is 5.92 Å². The van der Waals surface area contributed by atoms with Gasteiger partial charge in [0, 0.05) is 12.5 Å². The molecule has 1 amide bonds. The molecule has 0 aromatic carbocycles. The molecule has 2 rings (SSSR count). The molecule has 1 aliphatic heterocycles. The zero-order valence-corrected chi connectivity index (χ0v) is 10.1. The van der Waals surface area contributed by atoms with Crippen molar-refractivity contribution in [2.24, 2.45) is 5.92 Å². The number of hydrogen-bond acceptors (Lipinski definition) is 4. The second-order valence-corrected chi connectivity index (χ2v) is 4.34. The maximum atomic E-state index is 11.0. The van der Waals surface area contributed by atoms with Crippen molar-refractivity contribution >= 4 is 6.09 Å². The van der Waals surface area contributed by atoms with Gasteiger partial charge in [-0.3, -0.25) is 0 Å². The average Bonchev–Trinajstić information content (AvgIpc) is 2.35. The molecule has 5 nitrogen and oxygen atoms in total. The SMILES string of the molecule is COC(=O)N[C@H]1C=C[C@H]1COC1CCCCO1. The van der Waals surface area contributed by atoms with Gasteiger partial charge in [-0.15, -0.1) is 0 Å². The van der Waals surface area contributed by atoms with Crippen LogP contribution >= 0.6 is 0 Å². The molecule has 0 aromatic rings. The first kappa shape index (κ1) is 12.4. The molecule has 1 N–H and O–H groups in total. The third-order valence-electron chi connectivity index (χ3n) is 3.11. The van der Waals surface area contributed by atoms with Gasteiger partial charge in [-0.25, -0.2) is 4.79 Å². The van der Waals surface area contributed by atoms with E-state index in [1.165, 1.54) is 7.11 Å². The third-order valence-corrected chi connectivity index (χ3v) is 3.11. The third kappa shape index (κ3) is 3.44. The Balaban J connectivity index is 1.66. The standard InChI is InChI=1S/C12H19NO4/c1-15-12(14)13-10-6-5-9(10)8-17-11-4-2-3-7-16-11/h5-6,9-11H,2-4,7-8H2,1H3,(H,13,14)/t9-,10-,11?/m0/s1. The van der Waals surface area contributed by atoms with E-state index >= 15 is 0 Å². The normalized spacial score (nSPS) is 31.7. The molecule has 2 aliphatic rings. The number of rotatable bonds is 4. The van der Waals surface area contributed by atoms with Gasteiger partial charge in [-0.05, 0) is 19.3 Å². The quantitative estimate of drug-likeness (QED) is 0.757. The molecule has 1 heterocycles. The second-order valence-electron chi connectivity index (χ2n) is 4.34. The summed E-state index contributed by atoms with van der Waals surface area (Å²) in [5, 5.41) is 2.74. The number of nitrogens with one attached hydrogen (secondary N) is 1.